The molecular weight excluding hydrogens is 360 g/mol. The summed E-state index contributed by atoms with van der Waals surface area (Å²) in [7, 11) is 1.82. The SMILES string of the molecule is CCOC(=O)c1c(-c2ccc(Cc3ccccc3C)cc2)c(C#N)c(CC)n1C. The second kappa shape index (κ2) is 8.79. The molecule has 3 aromatic rings. The first-order valence-corrected chi connectivity index (χ1v) is 9.94. The number of aryl methyl sites for hydroxylation is 1. The number of carbonyl (C=O) groups excluding carboxylic acids is 1. The highest BCUT2D eigenvalue weighted by Crippen LogP contribution is 2.33. The van der Waals surface area contributed by atoms with Gasteiger partial charge in [0.05, 0.1) is 12.2 Å². The number of esters is 1. The Morgan fingerprint density at radius 3 is 2.38 bits per heavy atom. The molecule has 0 bridgehead atoms. The summed E-state index contributed by atoms with van der Waals surface area (Å²) in [5.74, 6) is -0.398. The van der Waals surface area contributed by atoms with E-state index in [9.17, 15) is 10.1 Å². The van der Waals surface area contributed by atoms with E-state index in [0.29, 0.717) is 29.8 Å². The highest BCUT2D eigenvalue weighted by molar-refractivity contribution is 5.98. The van der Waals surface area contributed by atoms with Crippen molar-refractivity contribution in [1.29, 1.82) is 5.26 Å². The van der Waals surface area contributed by atoms with E-state index in [1.165, 1.54) is 16.7 Å². The van der Waals surface area contributed by atoms with Gasteiger partial charge in [-0.3, -0.25) is 0 Å². The standard InChI is InChI=1S/C25H26N2O2/c1-5-22-21(16-26)23(24(27(22)4)25(28)29-6-2)19-13-11-18(12-14-19)15-20-10-8-7-9-17(20)3/h7-14H,5-6,15H2,1-4H3. The molecule has 29 heavy (non-hydrogen) atoms. The molecule has 0 aliphatic rings. The largest absolute Gasteiger partial charge is 0.461 e. The van der Waals surface area contributed by atoms with Gasteiger partial charge >= 0.3 is 5.97 Å². The minimum atomic E-state index is -0.398. The summed E-state index contributed by atoms with van der Waals surface area (Å²) in [5.41, 5.74) is 7.08. The van der Waals surface area contributed by atoms with Gasteiger partial charge in [0.15, 0.2) is 0 Å². The van der Waals surface area contributed by atoms with Gasteiger partial charge in [0.1, 0.15) is 11.8 Å². The zero-order valence-electron chi connectivity index (χ0n) is 17.5. The fraction of sp³-hybridized carbons (Fsp3) is 0.280. The molecule has 0 saturated heterocycles. The summed E-state index contributed by atoms with van der Waals surface area (Å²) in [6, 6.07) is 18.8. The van der Waals surface area contributed by atoms with Gasteiger partial charge < -0.3 is 9.30 Å². The van der Waals surface area contributed by atoms with Crippen LogP contribution in [0.3, 0.4) is 0 Å². The van der Waals surface area contributed by atoms with E-state index in [4.69, 9.17) is 4.74 Å². The van der Waals surface area contributed by atoms with E-state index in [1.807, 2.05) is 32.2 Å². The molecule has 0 atom stereocenters. The van der Waals surface area contributed by atoms with Gasteiger partial charge in [-0.2, -0.15) is 5.26 Å². The minimum absolute atomic E-state index is 0.294. The number of ether oxygens (including phenoxy) is 1. The monoisotopic (exact) mass is 386 g/mol. The van der Waals surface area contributed by atoms with E-state index < -0.39 is 5.97 Å². The molecule has 0 radical (unpaired) electrons. The normalized spacial score (nSPS) is 10.6. The van der Waals surface area contributed by atoms with Crippen molar-refractivity contribution in [3.05, 3.63) is 82.2 Å². The first-order valence-electron chi connectivity index (χ1n) is 9.94. The van der Waals surface area contributed by atoms with Crippen molar-refractivity contribution in [2.24, 2.45) is 7.05 Å². The molecular formula is C25H26N2O2. The molecule has 1 aromatic heterocycles. The van der Waals surface area contributed by atoms with Crippen LogP contribution in [-0.2, 0) is 24.6 Å². The Kier molecular flexibility index (Phi) is 6.19. The summed E-state index contributed by atoms with van der Waals surface area (Å²) in [4.78, 5) is 12.7. The van der Waals surface area contributed by atoms with Crippen molar-refractivity contribution < 1.29 is 9.53 Å². The molecule has 4 nitrogen and oxygen atoms in total. The molecule has 0 amide bonds. The summed E-state index contributed by atoms with van der Waals surface area (Å²) in [5, 5.41) is 9.81. The van der Waals surface area contributed by atoms with E-state index in [0.717, 1.165) is 17.7 Å². The van der Waals surface area contributed by atoms with Crippen molar-refractivity contribution in [3.63, 3.8) is 0 Å². The van der Waals surface area contributed by atoms with Crippen LogP contribution in [0.1, 0.15) is 52.3 Å². The Morgan fingerprint density at radius 2 is 1.79 bits per heavy atom. The summed E-state index contributed by atoms with van der Waals surface area (Å²) in [6.45, 7) is 6.18. The molecule has 4 heteroatoms. The highest BCUT2D eigenvalue weighted by atomic mass is 16.5. The number of nitriles is 1. The van der Waals surface area contributed by atoms with Crippen LogP contribution in [0.25, 0.3) is 11.1 Å². The van der Waals surface area contributed by atoms with Crippen molar-refractivity contribution in [2.45, 2.75) is 33.6 Å². The quantitative estimate of drug-likeness (QED) is 0.547. The molecule has 3 rings (SSSR count). The molecule has 0 spiro atoms. The van der Waals surface area contributed by atoms with Crippen LogP contribution in [0.15, 0.2) is 48.5 Å². The van der Waals surface area contributed by atoms with Gasteiger partial charge in [0.2, 0.25) is 0 Å². The zero-order chi connectivity index (χ0) is 21.0. The molecule has 0 fully saturated rings. The second-order valence-corrected chi connectivity index (χ2v) is 7.09. The third-order valence-corrected chi connectivity index (χ3v) is 5.33. The molecule has 2 aromatic carbocycles. The number of hydrogen-bond donors (Lipinski definition) is 0. The molecule has 0 aliphatic heterocycles. The molecule has 0 saturated carbocycles. The van der Waals surface area contributed by atoms with Gasteiger partial charge in [-0.1, -0.05) is 55.5 Å². The Hall–Kier alpha value is -3.32. The van der Waals surface area contributed by atoms with Crippen LogP contribution in [-0.4, -0.2) is 17.1 Å². The smallest absolute Gasteiger partial charge is 0.355 e. The van der Waals surface area contributed by atoms with Gasteiger partial charge in [-0.05, 0) is 48.9 Å². The fourth-order valence-corrected chi connectivity index (χ4v) is 3.80. The lowest BCUT2D eigenvalue weighted by molar-refractivity contribution is 0.0516. The van der Waals surface area contributed by atoms with Gasteiger partial charge in [0.25, 0.3) is 0 Å². The number of hydrogen-bond acceptors (Lipinski definition) is 3. The van der Waals surface area contributed by atoms with Crippen LogP contribution >= 0.6 is 0 Å². The van der Waals surface area contributed by atoms with Crippen LogP contribution in [0.5, 0.6) is 0 Å². The Labute approximate surface area is 172 Å². The predicted molar refractivity (Wildman–Crippen MR) is 115 cm³/mol. The van der Waals surface area contributed by atoms with E-state index in [2.05, 4.69) is 43.3 Å². The van der Waals surface area contributed by atoms with Crippen molar-refractivity contribution >= 4 is 5.97 Å². The van der Waals surface area contributed by atoms with Gasteiger partial charge in [0, 0.05) is 18.3 Å². The molecule has 0 unspecified atom stereocenters. The lowest BCUT2D eigenvalue weighted by atomic mass is 9.96. The molecule has 0 aliphatic carbocycles. The van der Waals surface area contributed by atoms with E-state index in [-0.39, 0.29) is 0 Å². The Morgan fingerprint density at radius 1 is 1.10 bits per heavy atom. The van der Waals surface area contributed by atoms with Crippen molar-refractivity contribution in [2.75, 3.05) is 6.61 Å². The molecule has 148 valence electrons. The lowest BCUT2D eigenvalue weighted by Gasteiger charge is -2.09. The van der Waals surface area contributed by atoms with Crippen molar-refractivity contribution in [1.82, 2.24) is 4.57 Å². The number of rotatable bonds is 6. The van der Waals surface area contributed by atoms with E-state index in [1.54, 1.807) is 11.5 Å². The zero-order valence-corrected chi connectivity index (χ0v) is 17.5. The van der Waals surface area contributed by atoms with E-state index >= 15 is 0 Å². The third-order valence-electron chi connectivity index (χ3n) is 5.33. The number of carbonyl (C=O) groups is 1. The maximum atomic E-state index is 12.7. The average molecular weight is 386 g/mol. The van der Waals surface area contributed by atoms with Crippen LogP contribution in [0.4, 0.5) is 0 Å². The van der Waals surface area contributed by atoms with Gasteiger partial charge in [-0.25, -0.2) is 4.79 Å². The Balaban J connectivity index is 2.05. The summed E-state index contributed by atoms with van der Waals surface area (Å²) < 4.78 is 7.07. The fourth-order valence-electron chi connectivity index (χ4n) is 3.80. The topological polar surface area (TPSA) is 55.0 Å². The maximum absolute atomic E-state index is 12.7. The summed E-state index contributed by atoms with van der Waals surface area (Å²) in [6.07, 6.45) is 1.51. The predicted octanol–water partition coefficient (Wildman–Crippen LogP) is 5.20. The number of nitrogens with zero attached hydrogens (tertiary/aromatic N) is 2. The van der Waals surface area contributed by atoms with Crippen LogP contribution in [0, 0.1) is 18.3 Å². The average Bonchev–Trinajstić information content (AvgIpc) is 3.02. The van der Waals surface area contributed by atoms with Gasteiger partial charge in [-0.15, -0.1) is 0 Å². The molecule has 0 N–H and O–H groups in total. The summed E-state index contributed by atoms with van der Waals surface area (Å²) >= 11 is 0. The van der Waals surface area contributed by atoms with Crippen LogP contribution < -0.4 is 0 Å². The first kappa shape index (κ1) is 20.4. The Bertz CT molecular complexity index is 1070. The second-order valence-electron chi connectivity index (χ2n) is 7.09. The number of aromatic nitrogens is 1. The highest BCUT2D eigenvalue weighted by Gasteiger charge is 2.26. The maximum Gasteiger partial charge on any atom is 0.355 e. The molecule has 1 heterocycles. The number of benzene rings is 2. The van der Waals surface area contributed by atoms with Crippen molar-refractivity contribution in [3.8, 4) is 17.2 Å². The lowest BCUT2D eigenvalue weighted by Crippen LogP contribution is -2.12. The minimum Gasteiger partial charge on any atom is -0.461 e. The van der Waals surface area contributed by atoms with Crippen LogP contribution in [0.2, 0.25) is 0 Å². The third kappa shape index (κ3) is 3.95. The first-order chi connectivity index (χ1) is 14.0.